The third-order valence-electron chi connectivity index (χ3n) is 2.32. The Morgan fingerprint density at radius 3 is 2.93 bits per heavy atom. The van der Waals surface area contributed by atoms with E-state index >= 15 is 0 Å². The van der Waals surface area contributed by atoms with Crippen LogP contribution in [0.25, 0.3) is 0 Å². The monoisotopic (exact) mass is 215 g/mol. The molecule has 15 heavy (non-hydrogen) atoms. The third kappa shape index (κ3) is 3.58. The van der Waals surface area contributed by atoms with Crippen molar-refractivity contribution >= 4 is 11.8 Å². The van der Waals surface area contributed by atoms with Crippen molar-refractivity contribution in [1.82, 2.24) is 10.2 Å². The van der Waals surface area contributed by atoms with Crippen LogP contribution in [0.4, 0.5) is 0 Å². The van der Waals surface area contributed by atoms with E-state index in [1.165, 1.54) is 0 Å². The Balaban J connectivity index is 2.32. The summed E-state index contributed by atoms with van der Waals surface area (Å²) >= 11 is 0. The molecule has 1 rings (SSSR count). The normalized spacial score (nSPS) is 22.9. The molecule has 86 valence electrons. The summed E-state index contributed by atoms with van der Waals surface area (Å²) < 4.78 is 5.19. The van der Waals surface area contributed by atoms with E-state index in [-0.39, 0.29) is 24.4 Å². The highest BCUT2D eigenvalue weighted by Gasteiger charge is 2.29. The lowest BCUT2D eigenvalue weighted by Crippen LogP contribution is -2.57. The van der Waals surface area contributed by atoms with Crippen LogP contribution in [-0.4, -0.2) is 55.6 Å². The van der Waals surface area contributed by atoms with Crippen molar-refractivity contribution in [2.45, 2.75) is 13.0 Å². The molecule has 0 spiro atoms. The zero-order valence-electron chi connectivity index (χ0n) is 8.86. The van der Waals surface area contributed by atoms with Gasteiger partial charge in [-0.25, -0.2) is 0 Å². The summed E-state index contributed by atoms with van der Waals surface area (Å²) in [5, 5.41) is 2.28. The number of carbonyl (C=O) groups is 2. The van der Waals surface area contributed by atoms with E-state index in [4.69, 9.17) is 10.5 Å². The maximum atomic E-state index is 11.3. The fourth-order valence-electron chi connectivity index (χ4n) is 1.41. The number of piperazine rings is 1. The van der Waals surface area contributed by atoms with E-state index in [2.05, 4.69) is 5.32 Å². The first-order chi connectivity index (χ1) is 7.15. The molecule has 0 aromatic heterocycles. The first kappa shape index (κ1) is 12.1. The molecule has 0 aromatic rings. The predicted octanol–water partition coefficient (Wildman–Crippen LogP) is -1.69. The Kier molecular flexibility index (Phi) is 4.67. The van der Waals surface area contributed by atoms with Gasteiger partial charge < -0.3 is 10.5 Å². The number of imide groups is 1. The van der Waals surface area contributed by atoms with Gasteiger partial charge in [0.1, 0.15) is 0 Å². The molecule has 6 heteroatoms. The summed E-state index contributed by atoms with van der Waals surface area (Å²) in [6.07, 6.45) is 0. The average Bonchev–Trinajstić information content (AvgIpc) is 2.19. The van der Waals surface area contributed by atoms with Crippen LogP contribution in [0.15, 0.2) is 0 Å². The standard InChI is InChI=1S/C9H17N3O3/c1-7-9(14)11-8(13)6-12(7)3-5-15-4-2-10/h7H,2-6,10H2,1H3,(H,11,13,14). The second-order valence-electron chi connectivity index (χ2n) is 3.46. The number of nitrogens with one attached hydrogen (secondary N) is 1. The maximum Gasteiger partial charge on any atom is 0.243 e. The number of carbonyl (C=O) groups excluding carboxylic acids is 2. The minimum atomic E-state index is -0.274. The van der Waals surface area contributed by atoms with Gasteiger partial charge in [-0.15, -0.1) is 0 Å². The van der Waals surface area contributed by atoms with Crippen molar-refractivity contribution in [3.8, 4) is 0 Å². The summed E-state index contributed by atoms with van der Waals surface area (Å²) in [4.78, 5) is 24.1. The fraction of sp³-hybridized carbons (Fsp3) is 0.778. The number of nitrogens with two attached hydrogens (primary N) is 1. The molecule has 1 saturated heterocycles. The van der Waals surface area contributed by atoms with Crippen molar-refractivity contribution in [1.29, 1.82) is 0 Å². The second kappa shape index (κ2) is 5.79. The van der Waals surface area contributed by atoms with E-state index in [0.717, 1.165) is 0 Å². The lowest BCUT2D eigenvalue weighted by molar-refractivity contribution is -0.139. The average molecular weight is 215 g/mol. The highest BCUT2D eigenvalue weighted by Crippen LogP contribution is 2.03. The van der Waals surface area contributed by atoms with Gasteiger partial charge in [-0.1, -0.05) is 0 Å². The lowest BCUT2D eigenvalue weighted by atomic mass is 10.2. The van der Waals surface area contributed by atoms with E-state index in [9.17, 15) is 9.59 Å². The van der Waals surface area contributed by atoms with Crippen LogP contribution in [-0.2, 0) is 14.3 Å². The van der Waals surface area contributed by atoms with E-state index in [1.807, 2.05) is 0 Å². The molecule has 6 nitrogen and oxygen atoms in total. The van der Waals surface area contributed by atoms with Crippen LogP contribution < -0.4 is 11.1 Å². The van der Waals surface area contributed by atoms with Gasteiger partial charge in [0.05, 0.1) is 25.8 Å². The smallest absolute Gasteiger partial charge is 0.243 e. The Hall–Kier alpha value is -0.980. The number of nitrogens with zero attached hydrogens (tertiary/aromatic N) is 1. The Bertz CT molecular complexity index is 245. The molecule has 0 bridgehead atoms. The molecule has 1 heterocycles. The van der Waals surface area contributed by atoms with E-state index < -0.39 is 0 Å². The molecule has 0 saturated carbocycles. The number of hydrogen-bond acceptors (Lipinski definition) is 5. The number of rotatable bonds is 5. The zero-order chi connectivity index (χ0) is 11.3. The fourth-order valence-corrected chi connectivity index (χ4v) is 1.41. The van der Waals surface area contributed by atoms with Crippen LogP contribution in [0.1, 0.15) is 6.92 Å². The number of ether oxygens (including phenoxy) is 1. The van der Waals surface area contributed by atoms with Gasteiger partial charge in [-0.05, 0) is 6.92 Å². The molecule has 1 unspecified atom stereocenters. The molecule has 1 atom stereocenters. The van der Waals surface area contributed by atoms with Gasteiger partial charge in [0, 0.05) is 13.1 Å². The van der Waals surface area contributed by atoms with Crippen LogP contribution in [0.3, 0.4) is 0 Å². The molecule has 0 aromatic carbocycles. The van der Waals surface area contributed by atoms with Gasteiger partial charge in [0.15, 0.2) is 0 Å². The largest absolute Gasteiger partial charge is 0.379 e. The second-order valence-corrected chi connectivity index (χ2v) is 3.46. The van der Waals surface area contributed by atoms with Gasteiger partial charge in [0.2, 0.25) is 11.8 Å². The molecule has 0 radical (unpaired) electrons. The highest BCUT2D eigenvalue weighted by molar-refractivity contribution is 6.00. The number of amides is 2. The van der Waals surface area contributed by atoms with Crippen molar-refractivity contribution in [2.24, 2.45) is 5.73 Å². The SMILES string of the molecule is CC1C(=O)NC(=O)CN1CCOCCN. The molecular formula is C9H17N3O3. The topological polar surface area (TPSA) is 84.7 Å². The highest BCUT2D eigenvalue weighted by atomic mass is 16.5. The lowest BCUT2D eigenvalue weighted by Gasteiger charge is -2.31. The summed E-state index contributed by atoms with van der Waals surface area (Å²) in [6.45, 7) is 4.06. The first-order valence-electron chi connectivity index (χ1n) is 5.00. The van der Waals surface area contributed by atoms with Gasteiger partial charge >= 0.3 is 0 Å². The summed E-state index contributed by atoms with van der Waals surface area (Å²) in [7, 11) is 0. The molecule has 3 N–H and O–H groups in total. The Morgan fingerprint density at radius 2 is 2.27 bits per heavy atom. The van der Waals surface area contributed by atoms with Crippen LogP contribution in [0.5, 0.6) is 0 Å². The van der Waals surface area contributed by atoms with Crippen molar-refractivity contribution in [2.75, 3.05) is 32.8 Å². The predicted molar refractivity (Wildman–Crippen MR) is 54.1 cm³/mol. The van der Waals surface area contributed by atoms with Gasteiger partial charge in [0.25, 0.3) is 0 Å². The molecular weight excluding hydrogens is 198 g/mol. The minimum Gasteiger partial charge on any atom is -0.379 e. The van der Waals surface area contributed by atoms with Crippen LogP contribution in [0, 0.1) is 0 Å². The van der Waals surface area contributed by atoms with Gasteiger partial charge in [-0.2, -0.15) is 0 Å². The molecule has 0 aliphatic carbocycles. The molecule has 1 aliphatic heterocycles. The third-order valence-corrected chi connectivity index (χ3v) is 2.32. The first-order valence-corrected chi connectivity index (χ1v) is 5.00. The zero-order valence-corrected chi connectivity index (χ0v) is 8.86. The summed E-state index contributed by atoms with van der Waals surface area (Å²) in [6, 6.07) is -0.274. The minimum absolute atomic E-state index is 0.245. The van der Waals surface area contributed by atoms with E-state index in [0.29, 0.717) is 26.3 Å². The van der Waals surface area contributed by atoms with Crippen molar-refractivity contribution in [3.63, 3.8) is 0 Å². The Labute approximate surface area is 88.7 Å². The summed E-state index contributed by atoms with van der Waals surface area (Å²) in [5.41, 5.74) is 5.26. The van der Waals surface area contributed by atoms with Crippen molar-refractivity contribution < 1.29 is 14.3 Å². The molecule has 1 aliphatic rings. The Morgan fingerprint density at radius 1 is 1.53 bits per heavy atom. The van der Waals surface area contributed by atoms with E-state index in [1.54, 1.807) is 11.8 Å². The van der Waals surface area contributed by atoms with Crippen molar-refractivity contribution in [3.05, 3.63) is 0 Å². The quantitative estimate of drug-likeness (QED) is 0.422. The van der Waals surface area contributed by atoms with Gasteiger partial charge in [-0.3, -0.25) is 19.8 Å². The summed E-state index contributed by atoms with van der Waals surface area (Å²) in [5.74, 6) is -0.498. The molecule has 1 fully saturated rings. The molecule has 2 amide bonds. The van der Waals surface area contributed by atoms with Crippen LogP contribution in [0.2, 0.25) is 0 Å². The number of hydrogen-bond donors (Lipinski definition) is 2. The van der Waals surface area contributed by atoms with Crippen LogP contribution >= 0.6 is 0 Å². The maximum absolute atomic E-state index is 11.3.